The number of nitrogens with zero attached hydrogens (tertiary/aromatic N) is 5. The van der Waals surface area contributed by atoms with Gasteiger partial charge in [0, 0.05) is 7.11 Å². The SMILES string of the molecule is COCCn1nnnc1[C@@H](C)[NH+]1CCN(c2ccccc2F)CC1. The summed E-state index contributed by atoms with van der Waals surface area (Å²) in [6.07, 6.45) is 0. The summed E-state index contributed by atoms with van der Waals surface area (Å²) >= 11 is 0. The van der Waals surface area contributed by atoms with Gasteiger partial charge in [-0.15, -0.1) is 5.10 Å². The molecule has 130 valence electrons. The number of rotatable bonds is 6. The molecule has 3 rings (SSSR count). The molecule has 1 N–H and O–H groups in total. The fourth-order valence-electron chi connectivity index (χ4n) is 3.22. The van der Waals surface area contributed by atoms with E-state index < -0.39 is 0 Å². The van der Waals surface area contributed by atoms with Crippen LogP contribution >= 0.6 is 0 Å². The molecule has 1 aromatic heterocycles. The minimum absolute atomic E-state index is 0.155. The van der Waals surface area contributed by atoms with Gasteiger partial charge in [-0.25, -0.2) is 9.07 Å². The standard InChI is InChI=1S/C16H23FN6O/c1-13(16-18-19-20-23(16)11-12-24-2)21-7-9-22(10-8-21)15-6-4-3-5-14(15)17/h3-6,13H,7-12H2,1-2H3/p+1/t13-/m1/s1. The lowest BCUT2D eigenvalue weighted by Gasteiger charge is -2.36. The summed E-state index contributed by atoms with van der Waals surface area (Å²) < 4.78 is 20.8. The molecule has 2 aromatic rings. The smallest absolute Gasteiger partial charge is 0.209 e. The van der Waals surface area contributed by atoms with Gasteiger partial charge in [-0.2, -0.15) is 0 Å². The van der Waals surface area contributed by atoms with E-state index in [0.717, 1.165) is 32.0 Å². The van der Waals surface area contributed by atoms with Crippen LogP contribution in [-0.4, -0.2) is 60.1 Å². The molecule has 0 spiro atoms. The number of nitrogens with one attached hydrogen (secondary N) is 1. The second-order valence-electron chi connectivity index (χ2n) is 6.07. The van der Waals surface area contributed by atoms with Crippen LogP contribution in [-0.2, 0) is 11.3 Å². The third-order valence-corrected chi connectivity index (χ3v) is 4.67. The second kappa shape index (κ2) is 7.67. The van der Waals surface area contributed by atoms with Crippen LogP contribution in [0.4, 0.5) is 10.1 Å². The van der Waals surface area contributed by atoms with Crippen molar-refractivity contribution in [1.29, 1.82) is 0 Å². The molecule has 1 fully saturated rings. The zero-order valence-corrected chi connectivity index (χ0v) is 14.2. The number of tetrazole rings is 1. The Balaban J connectivity index is 1.62. The lowest BCUT2D eigenvalue weighted by molar-refractivity contribution is -0.931. The van der Waals surface area contributed by atoms with Crippen molar-refractivity contribution in [3.8, 4) is 0 Å². The van der Waals surface area contributed by atoms with E-state index in [4.69, 9.17) is 4.74 Å². The topological polar surface area (TPSA) is 60.5 Å². The number of aromatic nitrogens is 4. The fourth-order valence-corrected chi connectivity index (χ4v) is 3.22. The summed E-state index contributed by atoms with van der Waals surface area (Å²) in [6.45, 7) is 6.86. The molecule has 0 bridgehead atoms. The third kappa shape index (κ3) is 3.54. The van der Waals surface area contributed by atoms with Gasteiger partial charge in [0.1, 0.15) is 11.9 Å². The maximum atomic E-state index is 13.9. The minimum atomic E-state index is -0.155. The molecule has 8 heteroatoms. The van der Waals surface area contributed by atoms with Crippen molar-refractivity contribution in [2.24, 2.45) is 0 Å². The van der Waals surface area contributed by atoms with Crippen LogP contribution in [0.2, 0.25) is 0 Å². The number of methoxy groups -OCH3 is 1. The molecular formula is C16H24FN6O+. The first-order valence-corrected chi connectivity index (χ1v) is 8.29. The maximum absolute atomic E-state index is 13.9. The van der Waals surface area contributed by atoms with Crippen molar-refractivity contribution < 1.29 is 14.0 Å². The highest BCUT2D eigenvalue weighted by molar-refractivity contribution is 5.47. The molecule has 0 saturated carbocycles. The number of ether oxygens (including phenoxy) is 1. The Morgan fingerprint density at radius 2 is 2.04 bits per heavy atom. The highest BCUT2D eigenvalue weighted by atomic mass is 19.1. The molecule has 1 saturated heterocycles. The number of piperazine rings is 1. The summed E-state index contributed by atoms with van der Waals surface area (Å²) in [5.41, 5.74) is 0.689. The lowest BCUT2D eigenvalue weighted by atomic mass is 10.2. The van der Waals surface area contributed by atoms with Crippen molar-refractivity contribution in [2.45, 2.75) is 19.5 Å². The zero-order chi connectivity index (χ0) is 16.9. The first-order chi connectivity index (χ1) is 11.7. The first kappa shape index (κ1) is 16.8. The number of hydrogen-bond donors (Lipinski definition) is 1. The Morgan fingerprint density at radius 3 is 2.75 bits per heavy atom. The van der Waals surface area contributed by atoms with Gasteiger partial charge >= 0.3 is 0 Å². The van der Waals surface area contributed by atoms with E-state index in [0.29, 0.717) is 18.8 Å². The second-order valence-corrected chi connectivity index (χ2v) is 6.07. The Morgan fingerprint density at radius 1 is 1.29 bits per heavy atom. The van der Waals surface area contributed by atoms with Gasteiger partial charge in [0.15, 0.2) is 0 Å². The van der Waals surface area contributed by atoms with Crippen molar-refractivity contribution in [3.05, 3.63) is 35.9 Å². The molecule has 0 aliphatic carbocycles. The predicted octanol–water partition coefficient (Wildman–Crippen LogP) is -0.0753. The van der Waals surface area contributed by atoms with E-state index in [1.165, 1.54) is 11.0 Å². The van der Waals surface area contributed by atoms with Crippen molar-refractivity contribution in [2.75, 3.05) is 44.8 Å². The van der Waals surface area contributed by atoms with Crippen LogP contribution in [0.25, 0.3) is 0 Å². The van der Waals surface area contributed by atoms with E-state index in [1.807, 2.05) is 16.8 Å². The van der Waals surface area contributed by atoms with Gasteiger partial charge in [-0.05, 0) is 29.5 Å². The third-order valence-electron chi connectivity index (χ3n) is 4.67. The van der Waals surface area contributed by atoms with Crippen LogP contribution in [0.1, 0.15) is 18.8 Å². The lowest BCUT2D eigenvalue weighted by Crippen LogP contribution is -3.15. The molecule has 0 unspecified atom stereocenters. The average Bonchev–Trinajstić information content (AvgIpc) is 3.08. The van der Waals surface area contributed by atoms with Crippen molar-refractivity contribution >= 4 is 5.69 Å². The summed E-state index contributed by atoms with van der Waals surface area (Å²) in [6, 6.07) is 7.16. The quantitative estimate of drug-likeness (QED) is 0.800. The van der Waals surface area contributed by atoms with E-state index in [-0.39, 0.29) is 11.9 Å². The minimum Gasteiger partial charge on any atom is -0.383 e. The number of para-hydroxylation sites is 1. The van der Waals surface area contributed by atoms with E-state index in [1.54, 1.807) is 13.2 Å². The molecule has 1 aromatic carbocycles. The molecule has 1 atom stereocenters. The van der Waals surface area contributed by atoms with E-state index in [2.05, 4.69) is 27.3 Å². The van der Waals surface area contributed by atoms with Gasteiger partial charge in [-0.1, -0.05) is 12.1 Å². The van der Waals surface area contributed by atoms with Gasteiger partial charge in [0.25, 0.3) is 0 Å². The number of hydrogen-bond acceptors (Lipinski definition) is 5. The van der Waals surface area contributed by atoms with Gasteiger partial charge < -0.3 is 14.5 Å². The highest BCUT2D eigenvalue weighted by Gasteiger charge is 2.29. The van der Waals surface area contributed by atoms with Crippen LogP contribution in [0.5, 0.6) is 0 Å². The predicted molar refractivity (Wildman–Crippen MR) is 87.4 cm³/mol. The normalized spacial score (nSPS) is 17.2. The molecule has 1 aliphatic heterocycles. The Bertz CT molecular complexity index is 656. The Kier molecular flexibility index (Phi) is 5.37. The number of halogens is 1. The van der Waals surface area contributed by atoms with Gasteiger partial charge in [0.2, 0.25) is 5.82 Å². The number of anilines is 1. The molecule has 1 aliphatic rings. The molecule has 7 nitrogen and oxygen atoms in total. The summed E-state index contributed by atoms with van der Waals surface area (Å²) in [5.74, 6) is 0.721. The monoisotopic (exact) mass is 335 g/mol. The molecule has 24 heavy (non-hydrogen) atoms. The fraction of sp³-hybridized carbons (Fsp3) is 0.562. The van der Waals surface area contributed by atoms with E-state index >= 15 is 0 Å². The maximum Gasteiger partial charge on any atom is 0.209 e. The van der Waals surface area contributed by atoms with Crippen molar-refractivity contribution in [1.82, 2.24) is 20.2 Å². The molecular weight excluding hydrogens is 311 g/mol. The summed E-state index contributed by atoms with van der Waals surface area (Å²) in [4.78, 5) is 3.52. The number of quaternary nitrogens is 1. The summed E-state index contributed by atoms with van der Waals surface area (Å²) in [7, 11) is 1.67. The Labute approximate surface area is 141 Å². The average molecular weight is 335 g/mol. The van der Waals surface area contributed by atoms with Gasteiger partial charge in [-0.3, -0.25) is 0 Å². The first-order valence-electron chi connectivity index (χ1n) is 8.29. The van der Waals surface area contributed by atoms with Crippen LogP contribution in [0.3, 0.4) is 0 Å². The number of benzene rings is 1. The van der Waals surface area contributed by atoms with Crippen LogP contribution < -0.4 is 9.80 Å². The van der Waals surface area contributed by atoms with Gasteiger partial charge in [0.05, 0.1) is 45.0 Å². The Hall–Kier alpha value is -2.06. The highest BCUT2D eigenvalue weighted by Crippen LogP contribution is 2.18. The zero-order valence-electron chi connectivity index (χ0n) is 14.2. The van der Waals surface area contributed by atoms with Crippen LogP contribution in [0, 0.1) is 5.82 Å². The summed E-state index contributed by atoms with van der Waals surface area (Å²) in [5, 5.41) is 12.0. The molecule has 2 heterocycles. The van der Waals surface area contributed by atoms with Crippen molar-refractivity contribution in [3.63, 3.8) is 0 Å². The van der Waals surface area contributed by atoms with E-state index in [9.17, 15) is 4.39 Å². The van der Waals surface area contributed by atoms with Crippen LogP contribution in [0.15, 0.2) is 24.3 Å². The molecule has 0 amide bonds. The molecule has 0 radical (unpaired) electrons. The largest absolute Gasteiger partial charge is 0.383 e.